The van der Waals surface area contributed by atoms with Crippen molar-refractivity contribution in [1.82, 2.24) is 9.97 Å². The number of halogens is 2. The number of methoxy groups -OCH3 is 1. The summed E-state index contributed by atoms with van der Waals surface area (Å²) in [5.41, 5.74) is -0.190. The van der Waals surface area contributed by atoms with E-state index in [4.69, 9.17) is 9.47 Å². The summed E-state index contributed by atoms with van der Waals surface area (Å²) in [5.74, 6) is 0.298. The lowest BCUT2D eigenvalue weighted by molar-refractivity contribution is -0.385. The van der Waals surface area contributed by atoms with E-state index in [2.05, 4.69) is 41.8 Å². The van der Waals surface area contributed by atoms with Crippen LogP contribution in [0.2, 0.25) is 0 Å². The van der Waals surface area contributed by atoms with Gasteiger partial charge >= 0.3 is 11.7 Å². The smallest absolute Gasteiger partial charge is 0.325 e. The molecule has 0 atom stereocenters. The van der Waals surface area contributed by atoms with Gasteiger partial charge in [-0.15, -0.1) is 0 Å². The van der Waals surface area contributed by atoms with Crippen LogP contribution in [0.3, 0.4) is 0 Å². The number of nitrogens with zero attached hydrogens (tertiary/aromatic N) is 3. The number of para-hydroxylation sites is 1. The zero-order chi connectivity index (χ0) is 14.7. The maximum Gasteiger partial charge on any atom is 0.325 e. The molecule has 0 aliphatic carbocycles. The van der Waals surface area contributed by atoms with E-state index < -0.39 is 4.92 Å². The van der Waals surface area contributed by atoms with Crippen molar-refractivity contribution in [2.45, 2.75) is 0 Å². The number of hydrogen-bond donors (Lipinski definition) is 0. The van der Waals surface area contributed by atoms with Gasteiger partial charge in [0.25, 0.3) is 0 Å². The molecule has 104 valence electrons. The minimum atomic E-state index is -0.545. The lowest BCUT2D eigenvalue weighted by Gasteiger charge is -2.08. The number of aromatic nitrogens is 2. The van der Waals surface area contributed by atoms with E-state index in [9.17, 15) is 10.1 Å². The van der Waals surface area contributed by atoms with E-state index in [-0.39, 0.29) is 23.3 Å². The standard InChI is InChI=1S/C11H7Br2N3O4/c1-19-10-7(13)5-14-11(15-10)20-9-6(12)3-2-4-8(9)16(17)18/h2-5H,1H3. The molecule has 2 rings (SSSR count). The summed E-state index contributed by atoms with van der Waals surface area (Å²) < 4.78 is 11.4. The molecular formula is C11H7Br2N3O4. The van der Waals surface area contributed by atoms with Gasteiger partial charge in [0.15, 0.2) is 0 Å². The fourth-order valence-electron chi connectivity index (χ4n) is 1.36. The lowest BCUT2D eigenvalue weighted by atomic mass is 10.3. The van der Waals surface area contributed by atoms with E-state index in [1.54, 1.807) is 6.07 Å². The van der Waals surface area contributed by atoms with Gasteiger partial charge in [0, 0.05) is 6.07 Å². The van der Waals surface area contributed by atoms with Gasteiger partial charge in [-0.2, -0.15) is 4.98 Å². The van der Waals surface area contributed by atoms with Crippen LogP contribution in [0.4, 0.5) is 5.69 Å². The average Bonchev–Trinajstić information content (AvgIpc) is 2.42. The first-order chi connectivity index (χ1) is 9.52. The van der Waals surface area contributed by atoms with Crippen molar-refractivity contribution in [3.63, 3.8) is 0 Å². The van der Waals surface area contributed by atoms with Gasteiger partial charge in [-0.3, -0.25) is 10.1 Å². The van der Waals surface area contributed by atoms with Crippen molar-refractivity contribution in [2.75, 3.05) is 7.11 Å². The van der Waals surface area contributed by atoms with Crippen LogP contribution in [0.25, 0.3) is 0 Å². The summed E-state index contributed by atoms with van der Waals surface area (Å²) in [6.45, 7) is 0. The Morgan fingerprint density at radius 3 is 2.70 bits per heavy atom. The lowest BCUT2D eigenvalue weighted by Crippen LogP contribution is -1.99. The normalized spacial score (nSPS) is 10.2. The largest absolute Gasteiger partial charge is 0.480 e. The van der Waals surface area contributed by atoms with Crippen LogP contribution >= 0.6 is 31.9 Å². The molecule has 0 N–H and O–H groups in total. The summed E-state index contributed by atoms with van der Waals surface area (Å²) in [7, 11) is 1.44. The number of ether oxygens (including phenoxy) is 2. The quantitative estimate of drug-likeness (QED) is 0.570. The minimum Gasteiger partial charge on any atom is -0.480 e. The molecule has 1 heterocycles. The van der Waals surface area contributed by atoms with Crippen LogP contribution in [0.5, 0.6) is 17.6 Å². The topological polar surface area (TPSA) is 87.4 Å². The summed E-state index contributed by atoms with van der Waals surface area (Å²) >= 11 is 6.40. The number of rotatable bonds is 4. The molecular weight excluding hydrogens is 398 g/mol. The molecule has 20 heavy (non-hydrogen) atoms. The third-order valence-corrected chi connectivity index (χ3v) is 3.39. The maximum atomic E-state index is 11.0. The van der Waals surface area contributed by atoms with Crippen LogP contribution in [-0.4, -0.2) is 22.0 Å². The molecule has 0 aliphatic heterocycles. The van der Waals surface area contributed by atoms with E-state index >= 15 is 0 Å². The number of nitro groups is 1. The molecule has 7 nitrogen and oxygen atoms in total. The number of benzene rings is 1. The Morgan fingerprint density at radius 1 is 1.30 bits per heavy atom. The molecule has 0 saturated carbocycles. The minimum absolute atomic E-state index is 0.0295. The van der Waals surface area contributed by atoms with Crippen LogP contribution in [0.15, 0.2) is 33.3 Å². The highest BCUT2D eigenvalue weighted by molar-refractivity contribution is 9.10. The van der Waals surface area contributed by atoms with Gasteiger partial charge in [0.2, 0.25) is 11.6 Å². The first kappa shape index (κ1) is 14.7. The second-order valence-corrected chi connectivity index (χ2v) is 5.17. The van der Waals surface area contributed by atoms with Gasteiger partial charge in [-0.05, 0) is 37.9 Å². The van der Waals surface area contributed by atoms with Gasteiger partial charge in [-0.1, -0.05) is 6.07 Å². The highest BCUT2D eigenvalue weighted by Crippen LogP contribution is 2.37. The summed E-state index contributed by atoms with van der Waals surface area (Å²) in [6, 6.07) is 4.44. The van der Waals surface area contributed by atoms with Crippen LogP contribution in [0, 0.1) is 10.1 Å². The van der Waals surface area contributed by atoms with Crippen molar-refractivity contribution < 1.29 is 14.4 Å². The third kappa shape index (κ3) is 3.05. The summed E-state index contributed by atoms with van der Waals surface area (Å²) in [5, 5.41) is 11.0. The Labute approximate surface area is 130 Å². The van der Waals surface area contributed by atoms with Gasteiger partial charge < -0.3 is 9.47 Å². The van der Waals surface area contributed by atoms with E-state index in [1.807, 2.05) is 0 Å². The molecule has 0 radical (unpaired) electrons. The Kier molecular flexibility index (Phi) is 4.50. The number of hydrogen-bond acceptors (Lipinski definition) is 6. The molecule has 0 saturated heterocycles. The molecule has 0 aliphatic rings. The second-order valence-electron chi connectivity index (χ2n) is 3.46. The fraction of sp³-hybridized carbons (Fsp3) is 0.0909. The Morgan fingerprint density at radius 2 is 2.05 bits per heavy atom. The molecule has 0 amide bonds. The predicted molar refractivity (Wildman–Crippen MR) is 77.2 cm³/mol. The highest BCUT2D eigenvalue weighted by Gasteiger charge is 2.20. The molecule has 0 bridgehead atoms. The molecule has 1 aromatic heterocycles. The van der Waals surface area contributed by atoms with E-state index in [0.29, 0.717) is 8.95 Å². The summed E-state index contributed by atoms with van der Waals surface area (Å²) in [6.07, 6.45) is 1.43. The van der Waals surface area contributed by atoms with Crippen molar-refractivity contribution in [2.24, 2.45) is 0 Å². The van der Waals surface area contributed by atoms with Crippen molar-refractivity contribution in [3.8, 4) is 17.6 Å². The predicted octanol–water partition coefficient (Wildman–Crippen LogP) is 3.71. The molecule has 1 aromatic carbocycles. The van der Waals surface area contributed by atoms with Crippen LogP contribution < -0.4 is 9.47 Å². The fourth-order valence-corrected chi connectivity index (χ4v) is 2.15. The van der Waals surface area contributed by atoms with E-state index in [0.717, 1.165) is 0 Å². The van der Waals surface area contributed by atoms with E-state index in [1.165, 1.54) is 25.4 Å². The zero-order valence-electron chi connectivity index (χ0n) is 10.0. The van der Waals surface area contributed by atoms with Gasteiger partial charge in [-0.25, -0.2) is 4.98 Å². The molecule has 0 fully saturated rings. The number of nitro benzene ring substituents is 1. The summed E-state index contributed by atoms with van der Waals surface area (Å²) in [4.78, 5) is 18.3. The van der Waals surface area contributed by atoms with Crippen molar-refractivity contribution in [1.29, 1.82) is 0 Å². The Bertz CT molecular complexity index is 666. The van der Waals surface area contributed by atoms with Crippen molar-refractivity contribution in [3.05, 3.63) is 43.5 Å². The SMILES string of the molecule is COc1nc(Oc2c(Br)cccc2[N+](=O)[O-])ncc1Br. The van der Waals surface area contributed by atoms with Gasteiger partial charge in [0.1, 0.15) is 0 Å². The molecule has 0 spiro atoms. The highest BCUT2D eigenvalue weighted by atomic mass is 79.9. The first-order valence-corrected chi connectivity index (χ1v) is 6.79. The van der Waals surface area contributed by atoms with Gasteiger partial charge in [0.05, 0.1) is 27.2 Å². The second kappa shape index (κ2) is 6.14. The zero-order valence-corrected chi connectivity index (χ0v) is 13.2. The molecule has 0 unspecified atom stereocenters. The Balaban J connectivity index is 2.42. The monoisotopic (exact) mass is 403 g/mol. The molecule has 2 aromatic rings. The van der Waals surface area contributed by atoms with Crippen LogP contribution in [0.1, 0.15) is 0 Å². The Hall–Kier alpha value is -1.74. The first-order valence-electron chi connectivity index (χ1n) is 5.20. The molecule has 9 heteroatoms. The maximum absolute atomic E-state index is 11.0. The van der Waals surface area contributed by atoms with Crippen LogP contribution in [-0.2, 0) is 0 Å². The third-order valence-electron chi connectivity index (χ3n) is 2.22. The average molecular weight is 405 g/mol. The van der Waals surface area contributed by atoms with Crippen molar-refractivity contribution >= 4 is 37.5 Å².